The van der Waals surface area contributed by atoms with E-state index in [1.54, 1.807) is 11.3 Å². The zero-order valence-electron chi connectivity index (χ0n) is 14.3. The summed E-state index contributed by atoms with van der Waals surface area (Å²) in [6, 6.07) is 15.5. The zero-order valence-corrected chi connectivity index (χ0v) is 15.1. The van der Waals surface area contributed by atoms with Gasteiger partial charge < -0.3 is 21.7 Å². The molecule has 0 aliphatic rings. The maximum Gasteiger partial charge on any atom is 0.166 e. The van der Waals surface area contributed by atoms with Gasteiger partial charge in [0, 0.05) is 26.7 Å². The number of hydrazine groups is 1. The molecule has 2 heterocycles. The van der Waals surface area contributed by atoms with Crippen molar-refractivity contribution in [2.45, 2.75) is 6.61 Å². The van der Waals surface area contributed by atoms with Crippen LogP contribution in [0.4, 0.5) is 11.5 Å². The molecular weight excluding hydrogens is 360 g/mol. The first-order chi connectivity index (χ1) is 13.2. The van der Waals surface area contributed by atoms with E-state index in [4.69, 9.17) is 16.7 Å². The Kier molecular flexibility index (Phi) is 4.59. The average Bonchev–Trinajstić information content (AvgIpc) is 3.19. The minimum absolute atomic E-state index is 0.00875. The lowest BCUT2D eigenvalue weighted by Gasteiger charge is -2.11. The molecule has 0 fully saturated rings. The molecule has 4 rings (SSSR count). The molecule has 2 aromatic carbocycles. The van der Waals surface area contributed by atoms with Crippen LogP contribution < -0.4 is 22.4 Å². The van der Waals surface area contributed by atoms with Crippen LogP contribution in [0.15, 0.2) is 59.0 Å². The van der Waals surface area contributed by atoms with Gasteiger partial charge in [-0.05, 0) is 35.2 Å². The number of amidine groups is 1. The molecule has 0 spiro atoms. The Morgan fingerprint density at radius 1 is 1.15 bits per heavy atom. The van der Waals surface area contributed by atoms with Crippen LogP contribution in [0.5, 0.6) is 0 Å². The van der Waals surface area contributed by atoms with Crippen LogP contribution in [0.3, 0.4) is 0 Å². The van der Waals surface area contributed by atoms with Crippen molar-refractivity contribution in [2.75, 3.05) is 5.32 Å². The molecule has 0 aliphatic heterocycles. The molecule has 0 saturated heterocycles. The van der Waals surface area contributed by atoms with Crippen molar-refractivity contribution in [1.29, 1.82) is 0 Å². The number of pyridine rings is 1. The van der Waals surface area contributed by atoms with E-state index >= 15 is 0 Å². The summed E-state index contributed by atoms with van der Waals surface area (Å²) >= 11 is 1.66. The molecule has 136 valence electrons. The van der Waals surface area contributed by atoms with Gasteiger partial charge in [0.25, 0.3) is 0 Å². The van der Waals surface area contributed by atoms with Crippen LogP contribution in [0.2, 0.25) is 0 Å². The lowest BCUT2D eigenvalue weighted by molar-refractivity contribution is 0.282. The Morgan fingerprint density at radius 2 is 2.04 bits per heavy atom. The predicted molar refractivity (Wildman–Crippen MR) is 111 cm³/mol. The number of nitrogens with zero attached hydrogens (tertiary/aromatic N) is 2. The molecule has 0 saturated carbocycles. The van der Waals surface area contributed by atoms with E-state index in [-0.39, 0.29) is 6.61 Å². The van der Waals surface area contributed by atoms with Crippen LogP contribution in [0, 0.1) is 0 Å². The smallest absolute Gasteiger partial charge is 0.166 e. The van der Waals surface area contributed by atoms with Gasteiger partial charge in [0.1, 0.15) is 5.82 Å². The molecule has 7 N–H and O–H groups in total. The minimum atomic E-state index is -0.00875. The molecule has 0 unspecified atom stereocenters. The first-order valence-corrected chi connectivity index (χ1v) is 9.14. The Labute approximate surface area is 159 Å². The summed E-state index contributed by atoms with van der Waals surface area (Å²) in [6.45, 7) is -0.00875. The lowest BCUT2D eigenvalue weighted by atomic mass is 10.1. The highest BCUT2D eigenvalue weighted by atomic mass is 32.1. The highest BCUT2D eigenvalue weighted by Gasteiger charge is 2.12. The summed E-state index contributed by atoms with van der Waals surface area (Å²) in [4.78, 5) is 4.81. The number of hydrazone groups is 1. The third-order valence-corrected chi connectivity index (χ3v) is 5.25. The van der Waals surface area contributed by atoms with E-state index in [1.807, 2.05) is 53.9 Å². The summed E-state index contributed by atoms with van der Waals surface area (Å²) in [5, 5.41) is 20.5. The van der Waals surface area contributed by atoms with E-state index in [1.165, 1.54) is 0 Å². The molecule has 0 atom stereocenters. The molecular formula is C19H18N6OS. The van der Waals surface area contributed by atoms with E-state index < -0.39 is 0 Å². The summed E-state index contributed by atoms with van der Waals surface area (Å²) in [5.41, 5.74) is 5.75. The predicted octanol–water partition coefficient (Wildman–Crippen LogP) is 2.77. The molecule has 8 heteroatoms. The molecule has 4 aromatic rings. The minimum Gasteiger partial charge on any atom is -0.392 e. The number of anilines is 2. The number of hydrogen-bond donors (Lipinski definition) is 5. The maximum absolute atomic E-state index is 9.36. The third kappa shape index (κ3) is 3.17. The first-order valence-electron chi connectivity index (χ1n) is 8.26. The fraction of sp³-hybridized carbons (Fsp3) is 0.0526. The second-order valence-electron chi connectivity index (χ2n) is 5.96. The molecule has 2 aromatic heterocycles. The van der Waals surface area contributed by atoms with Gasteiger partial charge in [0.05, 0.1) is 12.1 Å². The number of aliphatic hydroxyl groups is 1. The van der Waals surface area contributed by atoms with Gasteiger partial charge in [-0.1, -0.05) is 24.3 Å². The summed E-state index contributed by atoms with van der Waals surface area (Å²) in [6.07, 6.45) is 0. The molecule has 0 bridgehead atoms. The standard InChI is InChI=1S/C19H18N6OS/c20-24-18(25-21)12-4-5-14-16(9-12)23-19(15-6-7-27-17(14)15)22-13-3-1-2-11(8-13)10-26/h1-9,26H,10,20-21H2,(H,22,23)(H,24,25). The molecule has 0 amide bonds. The van der Waals surface area contributed by atoms with Gasteiger partial charge in [0.15, 0.2) is 5.84 Å². The number of hydrogen-bond acceptors (Lipinski definition) is 7. The number of nitrogens with two attached hydrogens (primary N) is 2. The van der Waals surface area contributed by atoms with Crippen molar-refractivity contribution in [2.24, 2.45) is 16.8 Å². The van der Waals surface area contributed by atoms with Gasteiger partial charge in [-0.25, -0.2) is 10.8 Å². The van der Waals surface area contributed by atoms with Gasteiger partial charge >= 0.3 is 0 Å². The summed E-state index contributed by atoms with van der Waals surface area (Å²) in [5.74, 6) is 12.0. The van der Waals surface area contributed by atoms with Crippen molar-refractivity contribution < 1.29 is 5.11 Å². The lowest BCUT2D eigenvalue weighted by Crippen LogP contribution is -2.32. The second kappa shape index (κ2) is 7.20. The number of rotatable bonds is 4. The first kappa shape index (κ1) is 17.2. The Hall–Kier alpha value is -3.20. The number of benzene rings is 2. The number of nitrogens with one attached hydrogen (secondary N) is 2. The Balaban J connectivity index is 1.86. The van der Waals surface area contributed by atoms with Gasteiger partial charge in [0.2, 0.25) is 0 Å². The molecule has 7 nitrogen and oxygen atoms in total. The number of aromatic nitrogens is 1. The normalized spacial score (nSPS) is 11.9. The Bertz CT molecular complexity index is 1150. The third-order valence-electron chi connectivity index (χ3n) is 4.31. The van der Waals surface area contributed by atoms with Crippen LogP contribution in [0.1, 0.15) is 11.1 Å². The fourth-order valence-corrected chi connectivity index (χ4v) is 3.95. The van der Waals surface area contributed by atoms with E-state index in [0.29, 0.717) is 5.84 Å². The summed E-state index contributed by atoms with van der Waals surface area (Å²) in [7, 11) is 0. The largest absolute Gasteiger partial charge is 0.392 e. The van der Waals surface area contributed by atoms with Crippen molar-refractivity contribution >= 4 is 49.7 Å². The highest BCUT2D eigenvalue weighted by Crippen LogP contribution is 2.35. The maximum atomic E-state index is 9.36. The topological polar surface area (TPSA) is 122 Å². The van der Waals surface area contributed by atoms with Crippen LogP contribution in [-0.2, 0) is 6.61 Å². The van der Waals surface area contributed by atoms with E-state index in [9.17, 15) is 5.11 Å². The SMILES string of the molecule is N/N=C(\NN)c1ccc2c(c1)nc(Nc1cccc(CO)c1)c1ccsc12. The molecule has 0 radical (unpaired) electrons. The molecule has 0 aliphatic carbocycles. The second-order valence-corrected chi connectivity index (χ2v) is 6.88. The monoisotopic (exact) mass is 378 g/mol. The van der Waals surface area contributed by atoms with Crippen LogP contribution in [-0.4, -0.2) is 15.9 Å². The van der Waals surface area contributed by atoms with Crippen molar-refractivity contribution in [1.82, 2.24) is 10.4 Å². The number of fused-ring (bicyclic) bond motifs is 3. The van der Waals surface area contributed by atoms with Crippen molar-refractivity contribution in [3.05, 3.63) is 65.0 Å². The zero-order chi connectivity index (χ0) is 18.8. The molecule has 27 heavy (non-hydrogen) atoms. The quantitative estimate of drug-likeness (QED) is 0.161. The van der Waals surface area contributed by atoms with Gasteiger partial charge in [-0.2, -0.15) is 5.10 Å². The van der Waals surface area contributed by atoms with E-state index in [0.717, 1.165) is 43.6 Å². The van der Waals surface area contributed by atoms with Gasteiger partial charge in [-0.3, -0.25) is 0 Å². The van der Waals surface area contributed by atoms with Crippen molar-refractivity contribution in [3.8, 4) is 0 Å². The fourth-order valence-electron chi connectivity index (χ4n) is 3.02. The highest BCUT2D eigenvalue weighted by molar-refractivity contribution is 7.18. The average molecular weight is 378 g/mol. The van der Waals surface area contributed by atoms with Crippen LogP contribution >= 0.6 is 11.3 Å². The van der Waals surface area contributed by atoms with Crippen LogP contribution in [0.25, 0.3) is 21.0 Å². The van der Waals surface area contributed by atoms with E-state index in [2.05, 4.69) is 15.8 Å². The Morgan fingerprint density at radius 3 is 2.81 bits per heavy atom. The van der Waals surface area contributed by atoms with Gasteiger partial charge in [-0.15, -0.1) is 11.3 Å². The number of thiophene rings is 1. The number of aliphatic hydroxyl groups excluding tert-OH is 1. The summed E-state index contributed by atoms with van der Waals surface area (Å²) < 4.78 is 1.14. The van der Waals surface area contributed by atoms with Crippen molar-refractivity contribution in [3.63, 3.8) is 0 Å².